The van der Waals surface area contributed by atoms with Crippen molar-refractivity contribution in [2.24, 2.45) is 0 Å². The fourth-order valence-electron chi connectivity index (χ4n) is 1.96. The zero-order chi connectivity index (χ0) is 15.1. The van der Waals surface area contributed by atoms with Crippen molar-refractivity contribution in [2.75, 3.05) is 12.8 Å². The van der Waals surface area contributed by atoms with Crippen LogP contribution in [-0.2, 0) is 6.54 Å². The second-order valence-electron chi connectivity index (χ2n) is 4.71. The number of benzene rings is 2. The number of rotatable bonds is 7. The van der Waals surface area contributed by atoms with Gasteiger partial charge < -0.3 is 10.1 Å². The minimum absolute atomic E-state index is 0.811. The molecule has 2 aromatic carbocycles. The van der Waals surface area contributed by atoms with Gasteiger partial charge in [-0.3, -0.25) is 0 Å². The lowest BCUT2D eigenvalue weighted by Crippen LogP contribution is -2.14. The van der Waals surface area contributed by atoms with Crippen molar-refractivity contribution >= 4 is 27.7 Å². The maximum absolute atomic E-state index is 6.02. The lowest BCUT2D eigenvalue weighted by Gasteiger charge is -2.12. The summed E-state index contributed by atoms with van der Waals surface area (Å²) < 4.78 is 7.09. The van der Waals surface area contributed by atoms with Crippen LogP contribution in [0.3, 0.4) is 0 Å². The molecule has 0 atom stereocenters. The van der Waals surface area contributed by atoms with Crippen LogP contribution in [0.2, 0.25) is 0 Å². The van der Waals surface area contributed by atoms with Gasteiger partial charge in [-0.05, 0) is 61.7 Å². The lowest BCUT2D eigenvalue weighted by molar-refractivity contribution is 0.472. The fraction of sp³-hybridized carbons (Fsp3) is 0.294. The van der Waals surface area contributed by atoms with Gasteiger partial charge in [-0.15, -0.1) is 11.8 Å². The molecule has 2 aromatic rings. The maximum Gasteiger partial charge on any atom is 0.131 e. The number of nitrogens with one attached hydrogen (secondary N) is 1. The molecule has 4 heteroatoms. The summed E-state index contributed by atoms with van der Waals surface area (Å²) in [7, 11) is 0. The molecule has 1 N–H and O–H groups in total. The third-order valence-electron chi connectivity index (χ3n) is 3.05. The molecule has 0 heterocycles. The van der Waals surface area contributed by atoms with Gasteiger partial charge in [0.25, 0.3) is 0 Å². The van der Waals surface area contributed by atoms with Gasteiger partial charge in [-0.2, -0.15) is 0 Å². The van der Waals surface area contributed by atoms with E-state index in [1.54, 1.807) is 11.8 Å². The highest BCUT2D eigenvalue weighted by Crippen LogP contribution is 2.29. The Bertz CT molecular complexity index is 572. The largest absolute Gasteiger partial charge is 0.457 e. The second-order valence-corrected chi connectivity index (χ2v) is 6.50. The first-order valence-corrected chi connectivity index (χ1v) is 9.05. The van der Waals surface area contributed by atoms with Crippen molar-refractivity contribution in [1.29, 1.82) is 0 Å². The number of halogens is 1. The molecule has 0 spiro atoms. The van der Waals surface area contributed by atoms with E-state index >= 15 is 0 Å². The fourth-order valence-corrected chi connectivity index (χ4v) is 2.77. The van der Waals surface area contributed by atoms with Crippen molar-refractivity contribution in [3.63, 3.8) is 0 Å². The molecule has 21 heavy (non-hydrogen) atoms. The van der Waals surface area contributed by atoms with Crippen LogP contribution in [0.15, 0.2) is 51.8 Å². The van der Waals surface area contributed by atoms with Gasteiger partial charge in [0.1, 0.15) is 11.5 Å². The Hall–Kier alpha value is -0.970. The molecule has 0 amide bonds. The van der Waals surface area contributed by atoms with Crippen molar-refractivity contribution in [1.82, 2.24) is 5.32 Å². The monoisotopic (exact) mass is 365 g/mol. The predicted octanol–water partition coefficient (Wildman–Crippen LogP) is 5.46. The van der Waals surface area contributed by atoms with Gasteiger partial charge in [-0.25, -0.2) is 0 Å². The highest BCUT2D eigenvalue weighted by molar-refractivity contribution is 9.10. The lowest BCUT2D eigenvalue weighted by atomic mass is 10.2. The van der Waals surface area contributed by atoms with E-state index in [4.69, 9.17) is 4.74 Å². The van der Waals surface area contributed by atoms with E-state index in [-0.39, 0.29) is 0 Å². The summed E-state index contributed by atoms with van der Waals surface area (Å²) in [6.07, 6.45) is 3.20. The van der Waals surface area contributed by atoms with Crippen LogP contribution in [0.1, 0.15) is 18.9 Å². The summed E-state index contributed by atoms with van der Waals surface area (Å²) in [5.41, 5.74) is 1.16. The first-order valence-electron chi connectivity index (χ1n) is 7.04. The van der Waals surface area contributed by atoms with Gasteiger partial charge in [0.15, 0.2) is 0 Å². The van der Waals surface area contributed by atoms with Crippen molar-refractivity contribution in [3.05, 3.63) is 52.5 Å². The molecular formula is C17H20BrNOS. The van der Waals surface area contributed by atoms with Crippen molar-refractivity contribution in [3.8, 4) is 11.5 Å². The Labute approximate surface area is 139 Å². The molecule has 0 aliphatic rings. The Kier molecular flexibility index (Phi) is 6.61. The van der Waals surface area contributed by atoms with E-state index in [1.807, 2.05) is 24.3 Å². The standard InChI is InChI=1S/C17H20BrNOS/c1-3-10-19-12-13-11-14(18)4-9-17(13)20-15-5-7-16(21-2)8-6-15/h4-9,11,19H,3,10,12H2,1-2H3. The van der Waals surface area contributed by atoms with Crippen LogP contribution in [0.5, 0.6) is 11.5 Å². The highest BCUT2D eigenvalue weighted by Gasteiger charge is 2.06. The molecule has 0 aromatic heterocycles. The minimum Gasteiger partial charge on any atom is -0.457 e. The second kappa shape index (κ2) is 8.47. The topological polar surface area (TPSA) is 21.3 Å². The number of hydrogen-bond acceptors (Lipinski definition) is 3. The van der Waals surface area contributed by atoms with Crippen LogP contribution in [0.25, 0.3) is 0 Å². The van der Waals surface area contributed by atoms with Crippen molar-refractivity contribution in [2.45, 2.75) is 24.8 Å². The SMILES string of the molecule is CCCNCc1cc(Br)ccc1Oc1ccc(SC)cc1. The Morgan fingerprint density at radius 1 is 1.14 bits per heavy atom. The zero-order valence-electron chi connectivity index (χ0n) is 12.4. The summed E-state index contributed by atoms with van der Waals surface area (Å²) in [6, 6.07) is 14.3. The molecular weight excluding hydrogens is 346 g/mol. The number of ether oxygens (including phenoxy) is 1. The predicted molar refractivity (Wildman–Crippen MR) is 94.4 cm³/mol. The van der Waals surface area contributed by atoms with Gasteiger partial charge in [0, 0.05) is 21.5 Å². The summed E-state index contributed by atoms with van der Waals surface area (Å²) in [5, 5.41) is 3.42. The summed E-state index contributed by atoms with van der Waals surface area (Å²) in [5.74, 6) is 1.77. The van der Waals surface area contributed by atoms with Gasteiger partial charge in [-0.1, -0.05) is 22.9 Å². The number of hydrogen-bond donors (Lipinski definition) is 1. The molecule has 112 valence electrons. The van der Waals surface area contributed by atoms with E-state index in [1.165, 1.54) is 4.90 Å². The van der Waals surface area contributed by atoms with Crippen LogP contribution >= 0.6 is 27.7 Å². The van der Waals surface area contributed by atoms with E-state index < -0.39 is 0 Å². The molecule has 0 radical (unpaired) electrons. The van der Waals surface area contributed by atoms with E-state index in [9.17, 15) is 0 Å². The van der Waals surface area contributed by atoms with Gasteiger partial charge in [0.05, 0.1) is 0 Å². The summed E-state index contributed by atoms with van der Waals surface area (Å²) >= 11 is 5.25. The summed E-state index contributed by atoms with van der Waals surface area (Å²) in [6.45, 7) is 3.98. The third kappa shape index (κ3) is 5.06. The minimum atomic E-state index is 0.811. The van der Waals surface area contributed by atoms with Crippen LogP contribution in [0, 0.1) is 0 Å². The van der Waals surface area contributed by atoms with Gasteiger partial charge in [0.2, 0.25) is 0 Å². The smallest absolute Gasteiger partial charge is 0.131 e. The van der Waals surface area contributed by atoms with Gasteiger partial charge >= 0.3 is 0 Å². The normalized spacial score (nSPS) is 10.6. The van der Waals surface area contributed by atoms with Crippen LogP contribution < -0.4 is 10.1 Å². The first-order chi connectivity index (χ1) is 10.2. The zero-order valence-corrected chi connectivity index (χ0v) is 14.8. The molecule has 2 rings (SSSR count). The molecule has 2 nitrogen and oxygen atoms in total. The average molecular weight is 366 g/mol. The molecule has 0 unspecified atom stereocenters. The third-order valence-corrected chi connectivity index (χ3v) is 4.29. The van der Waals surface area contributed by atoms with E-state index in [2.05, 4.69) is 52.6 Å². The van der Waals surface area contributed by atoms with Crippen molar-refractivity contribution < 1.29 is 4.74 Å². The van der Waals surface area contributed by atoms with Crippen LogP contribution in [0.4, 0.5) is 0 Å². The van der Waals surface area contributed by atoms with E-state index in [0.29, 0.717) is 0 Å². The van der Waals surface area contributed by atoms with E-state index in [0.717, 1.165) is 41.0 Å². The highest BCUT2D eigenvalue weighted by atomic mass is 79.9. The summed E-state index contributed by atoms with van der Waals surface area (Å²) in [4.78, 5) is 1.24. The Morgan fingerprint density at radius 2 is 1.90 bits per heavy atom. The molecule has 0 aliphatic carbocycles. The number of thioether (sulfide) groups is 1. The molecule has 0 aliphatic heterocycles. The maximum atomic E-state index is 6.02. The molecule has 0 bridgehead atoms. The first kappa shape index (κ1) is 16.4. The quantitative estimate of drug-likeness (QED) is 0.519. The average Bonchev–Trinajstić information content (AvgIpc) is 2.51. The molecule has 0 saturated carbocycles. The Morgan fingerprint density at radius 3 is 2.57 bits per heavy atom. The molecule has 0 saturated heterocycles. The molecule has 0 fully saturated rings. The Balaban J connectivity index is 2.13. The van der Waals surface area contributed by atoms with Crippen LogP contribution in [-0.4, -0.2) is 12.8 Å².